The third-order valence-corrected chi connectivity index (χ3v) is 4.09. The largest absolute Gasteiger partial charge is 0.489 e. The molecule has 6 heteroatoms. The zero-order chi connectivity index (χ0) is 18.5. The zero-order valence-corrected chi connectivity index (χ0v) is 15.1. The van der Waals surface area contributed by atoms with Gasteiger partial charge in [0.2, 0.25) is 0 Å². The minimum absolute atomic E-state index is 0.00686. The van der Waals surface area contributed by atoms with E-state index in [2.05, 4.69) is 10.3 Å². The lowest BCUT2D eigenvalue weighted by molar-refractivity contribution is 0.0787. The molecule has 1 aliphatic heterocycles. The number of hydrogen-bond donors (Lipinski definition) is 1. The zero-order valence-electron chi connectivity index (χ0n) is 15.1. The molecular weight excluding hydrogens is 330 g/mol. The van der Waals surface area contributed by atoms with Gasteiger partial charge in [-0.05, 0) is 51.0 Å². The molecule has 26 heavy (non-hydrogen) atoms. The van der Waals surface area contributed by atoms with Crippen molar-refractivity contribution in [2.24, 2.45) is 0 Å². The first-order valence-corrected chi connectivity index (χ1v) is 8.88. The lowest BCUT2D eigenvalue weighted by Crippen LogP contribution is -2.29. The van der Waals surface area contributed by atoms with E-state index in [1.807, 2.05) is 26.0 Å². The molecule has 0 radical (unpaired) electrons. The van der Waals surface area contributed by atoms with Crippen molar-refractivity contribution in [2.75, 3.05) is 18.4 Å². The summed E-state index contributed by atoms with van der Waals surface area (Å²) in [6.07, 6.45) is 2.02. The molecular formula is C20H23N3O3. The number of rotatable bonds is 5. The Morgan fingerprint density at radius 3 is 2.46 bits per heavy atom. The van der Waals surface area contributed by atoms with E-state index in [1.54, 1.807) is 35.2 Å². The van der Waals surface area contributed by atoms with Gasteiger partial charge in [0.15, 0.2) is 0 Å². The number of para-hydroxylation sites is 2. The fourth-order valence-electron chi connectivity index (χ4n) is 2.88. The molecule has 1 aromatic carbocycles. The second kappa shape index (κ2) is 7.99. The van der Waals surface area contributed by atoms with Gasteiger partial charge in [0.05, 0.1) is 11.8 Å². The van der Waals surface area contributed by atoms with Crippen LogP contribution in [0.25, 0.3) is 0 Å². The molecule has 3 rings (SSSR count). The van der Waals surface area contributed by atoms with Crippen molar-refractivity contribution in [3.05, 3.63) is 53.9 Å². The van der Waals surface area contributed by atoms with Crippen molar-refractivity contribution in [2.45, 2.75) is 32.8 Å². The molecule has 6 nitrogen and oxygen atoms in total. The van der Waals surface area contributed by atoms with E-state index in [0.29, 0.717) is 17.1 Å². The second-order valence-electron chi connectivity index (χ2n) is 6.52. The number of pyridine rings is 1. The topological polar surface area (TPSA) is 71.5 Å². The highest BCUT2D eigenvalue weighted by Gasteiger charge is 2.21. The van der Waals surface area contributed by atoms with Crippen LogP contribution in [0.3, 0.4) is 0 Å². The van der Waals surface area contributed by atoms with Crippen LogP contribution in [0.1, 0.15) is 47.7 Å². The van der Waals surface area contributed by atoms with Crippen molar-refractivity contribution in [1.82, 2.24) is 9.88 Å². The van der Waals surface area contributed by atoms with E-state index in [0.717, 1.165) is 25.9 Å². The molecule has 136 valence electrons. The Balaban J connectivity index is 1.76. The number of aromatic nitrogens is 1. The number of hydrogen-bond acceptors (Lipinski definition) is 4. The van der Waals surface area contributed by atoms with Crippen LogP contribution in [0.2, 0.25) is 0 Å². The quantitative estimate of drug-likeness (QED) is 0.895. The summed E-state index contributed by atoms with van der Waals surface area (Å²) >= 11 is 0. The Hall–Kier alpha value is -2.89. The predicted octanol–water partition coefficient (Wildman–Crippen LogP) is 3.36. The summed E-state index contributed by atoms with van der Waals surface area (Å²) in [7, 11) is 0. The average Bonchev–Trinajstić information content (AvgIpc) is 3.17. The summed E-state index contributed by atoms with van der Waals surface area (Å²) < 4.78 is 5.72. The molecule has 0 bridgehead atoms. The average molecular weight is 353 g/mol. The molecule has 2 heterocycles. The summed E-state index contributed by atoms with van der Waals surface area (Å²) in [5.41, 5.74) is 1.07. The molecule has 2 aromatic rings. The van der Waals surface area contributed by atoms with Gasteiger partial charge in [0, 0.05) is 13.1 Å². The van der Waals surface area contributed by atoms with Crippen LogP contribution in [0.15, 0.2) is 42.5 Å². The van der Waals surface area contributed by atoms with Crippen LogP contribution in [-0.4, -0.2) is 40.9 Å². The third kappa shape index (κ3) is 4.20. The minimum atomic E-state index is -0.374. The normalized spacial score (nSPS) is 13.7. The third-order valence-electron chi connectivity index (χ3n) is 4.09. The van der Waals surface area contributed by atoms with Crippen LogP contribution in [-0.2, 0) is 0 Å². The lowest BCUT2D eigenvalue weighted by Gasteiger charge is -2.16. The summed E-state index contributed by atoms with van der Waals surface area (Å²) in [5, 5.41) is 2.82. The Labute approximate surface area is 153 Å². The molecule has 0 saturated carbocycles. The first kappa shape index (κ1) is 17.9. The Bertz CT molecular complexity index is 798. The minimum Gasteiger partial charge on any atom is -0.489 e. The number of carbonyl (C=O) groups is 2. The SMILES string of the molecule is CC(C)Oc1ccccc1NC(=O)c1cccc(C(=O)N2CCCC2)n1. The number of nitrogens with zero attached hydrogens (tertiary/aromatic N) is 2. The number of benzene rings is 1. The van der Waals surface area contributed by atoms with Gasteiger partial charge < -0.3 is 15.0 Å². The Kier molecular flexibility index (Phi) is 5.51. The van der Waals surface area contributed by atoms with Crippen molar-refractivity contribution in [3.63, 3.8) is 0 Å². The van der Waals surface area contributed by atoms with Gasteiger partial charge in [0.1, 0.15) is 17.1 Å². The molecule has 1 N–H and O–H groups in total. The van der Waals surface area contributed by atoms with Gasteiger partial charge in [-0.1, -0.05) is 18.2 Å². The molecule has 0 spiro atoms. The molecule has 0 atom stereocenters. The Morgan fingerprint density at radius 1 is 1.04 bits per heavy atom. The number of ether oxygens (including phenoxy) is 1. The number of likely N-dealkylation sites (tertiary alicyclic amines) is 1. The number of carbonyl (C=O) groups excluding carboxylic acids is 2. The highest BCUT2D eigenvalue weighted by molar-refractivity contribution is 6.04. The van der Waals surface area contributed by atoms with Gasteiger partial charge in [-0.2, -0.15) is 0 Å². The number of nitrogens with one attached hydrogen (secondary N) is 1. The summed E-state index contributed by atoms with van der Waals surface area (Å²) in [5.74, 6) is 0.0988. The van der Waals surface area contributed by atoms with Gasteiger partial charge in [-0.25, -0.2) is 4.98 Å². The monoisotopic (exact) mass is 353 g/mol. The van der Waals surface area contributed by atoms with Gasteiger partial charge in [-0.3, -0.25) is 9.59 Å². The molecule has 1 saturated heterocycles. The van der Waals surface area contributed by atoms with E-state index in [9.17, 15) is 9.59 Å². The first-order chi connectivity index (χ1) is 12.5. The summed E-state index contributed by atoms with van der Waals surface area (Å²) in [6.45, 7) is 5.34. The van der Waals surface area contributed by atoms with Crippen LogP contribution in [0, 0.1) is 0 Å². The molecule has 1 aliphatic rings. The molecule has 0 aliphatic carbocycles. The second-order valence-corrected chi connectivity index (χ2v) is 6.52. The van der Waals surface area contributed by atoms with Crippen LogP contribution in [0.4, 0.5) is 5.69 Å². The standard InChI is InChI=1S/C20H23N3O3/c1-14(2)26-18-11-4-3-8-15(18)22-19(24)16-9-7-10-17(21-16)20(25)23-12-5-6-13-23/h3-4,7-11,14H,5-6,12-13H2,1-2H3,(H,22,24). The molecule has 2 amide bonds. The molecule has 1 aromatic heterocycles. The van der Waals surface area contributed by atoms with Crippen molar-refractivity contribution in [3.8, 4) is 5.75 Å². The van der Waals surface area contributed by atoms with E-state index < -0.39 is 0 Å². The van der Waals surface area contributed by atoms with Gasteiger partial charge in [-0.15, -0.1) is 0 Å². The molecule has 0 unspecified atom stereocenters. The van der Waals surface area contributed by atoms with Gasteiger partial charge >= 0.3 is 0 Å². The fraction of sp³-hybridized carbons (Fsp3) is 0.350. The lowest BCUT2D eigenvalue weighted by atomic mass is 10.2. The van der Waals surface area contributed by atoms with E-state index >= 15 is 0 Å². The van der Waals surface area contributed by atoms with E-state index in [1.165, 1.54) is 0 Å². The smallest absolute Gasteiger partial charge is 0.274 e. The van der Waals surface area contributed by atoms with Crippen molar-refractivity contribution in [1.29, 1.82) is 0 Å². The number of amides is 2. The Morgan fingerprint density at radius 2 is 1.73 bits per heavy atom. The van der Waals surface area contributed by atoms with Crippen LogP contribution < -0.4 is 10.1 Å². The first-order valence-electron chi connectivity index (χ1n) is 8.88. The summed E-state index contributed by atoms with van der Waals surface area (Å²) in [6, 6.07) is 12.2. The number of anilines is 1. The highest BCUT2D eigenvalue weighted by Crippen LogP contribution is 2.25. The van der Waals surface area contributed by atoms with Gasteiger partial charge in [0.25, 0.3) is 11.8 Å². The predicted molar refractivity (Wildman–Crippen MR) is 99.5 cm³/mol. The maximum Gasteiger partial charge on any atom is 0.274 e. The van der Waals surface area contributed by atoms with Crippen molar-refractivity contribution >= 4 is 17.5 Å². The van der Waals surface area contributed by atoms with Crippen LogP contribution >= 0.6 is 0 Å². The van der Waals surface area contributed by atoms with Crippen molar-refractivity contribution < 1.29 is 14.3 Å². The maximum atomic E-state index is 12.6. The van der Waals surface area contributed by atoms with Crippen LogP contribution in [0.5, 0.6) is 5.75 Å². The molecule has 1 fully saturated rings. The maximum absolute atomic E-state index is 12.6. The van der Waals surface area contributed by atoms with E-state index in [-0.39, 0.29) is 23.6 Å². The van der Waals surface area contributed by atoms with E-state index in [4.69, 9.17) is 4.74 Å². The highest BCUT2D eigenvalue weighted by atomic mass is 16.5. The summed E-state index contributed by atoms with van der Waals surface area (Å²) in [4.78, 5) is 31.1. The fourth-order valence-corrected chi connectivity index (χ4v) is 2.88.